The van der Waals surface area contributed by atoms with Gasteiger partial charge in [-0.2, -0.15) is 0 Å². The monoisotopic (exact) mass is 246 g/mol. The van der Waals surface area contributed by atoms with Crippen molar-refractivity contribution in [3.63, 3.8) is 0 Å². The van der Waals surface area contributed by atoms with Crippen molar-refractivity contribution >= 4 is 0 Å². The summed E-state index contributed by atoms with van der Waals surface area (Å²) in [6.07, 6.45) is 3.09. The molecule has 1 aliphatic rings. The number of nitrogens with one attached hydrogen (secondary N) is 1. The number of nitrogens with zero attached hydrogens (tertiary/aromatic N) is 1. The molecule has 0 amide bonds. The summed E-state index contributed by atoms with van der Waals surface area (Å²) in [7, 11) is 0. The number of hydrogen-bond acceptors (Lipinski definition) is 3. The summed E-state index contributed by atoms with van der Waals surface area (Å²) in [5.74, 6) is 0.567. The zero-order valence-electron chi connectivity index (χ0n) is 11.5. The van der Waals surface area contributed by atoms with Gasteiger partial charge in [-0.1, -0.05) is 12.5 Å². The third-order valence-electron chi connectivity index (χ3n) is 3.33. The van der Waals surface area contributed by atoms with E-state index in [2.05, 4.69) is 43.2 Å². The molecule has 2 rings (SSSR count). The normalized spacial score (nSPS) is 18.0. The molecule has 1 heterocycles. The van der Waals surface area contributed by atoms with Crippen LogP contribution in [0.15, 0.2) is 6.07 Å². The van der Waals surface area contributed by atoms with Gasteiger partial charge in [-0.15, -0.1) is 0 Å². The minimum Gasteiger partial charge on any atom is -0.385 e. The van der Waals surface area contributed by atoms with Crippen LogP contribution in [0, 0.1) is 12.1 Å². The van der Waals surface area contributed by atoms with Gasteiger partial charge in [-0.3, -0.25) is 0 Å². The van der Waals surface area contributed by atoms with Crippen molar-refractivity contribution in [2.24, 2.45) is 0 Å². The second-order valence-corrected chi connectivity index (χ2v) is 6.11. The van der Waals surface area contributed by atoms with E-state index in [1.165, 1.54) is 19.3 Å². The molecular formula is C15H22N2O. The summed E-state index contributed by atoms with van der Waals surface area (Å²) < 4.78 is 0. The Morgan fingerprint density at radius 2 is 2.22 bits per heavy atom. The van der Waals surface area contributed by atoms with E-state index in [1.807, 2.05) is 6.07 Å². The zero-order chi connectivity index (χ0) is 13.2. The molecule has 0 bridgehead atoms. The van der Waals surface area contributed by atoms with Gasteiger partial charge in [-0.05, 0) is 39.7 Å². The van der Waals surface area contributed by atoms with Crippen LogP contribution in [0.2, 0.25) is 0 Å². The van der Waals surface area contributed by atoms with E-state index in [4.69, 9.17) is 0 Å². The van der Waals surface area contributed by atoms with E-state index in [0.717, 1.165) is 5.69 Å². The summed E-state index contributed by atoms with van der Waals surface area (Å²) in [5, 5.41) is 13.4. The van der Waals surface area contributed by atoms with Crippen molar-refractivity contribution in [1.82, 2.24) is 10.3 Å². The standard InChI is InChI=1S/C15H22N2O/c1-15(2,3)16-10-14(18)13-9-5-8-12(17-13)11-6-4-7-11/h8,11,14,16,18H,4,6-7,10H2,1-3H3/t14-/m1/s1. The molecule has 1 aliphatic carbocycles. The van der Waals surface area contributed by atoms with Gasteiger partial charge in [0.05, 0.1) is 5.69 Å². The summed E-state index contributed by atoms with van der Waals surface area (Å²) >= 11 is 0. The molecule has 0 aliphatic heterocycles. The van der Waals surface area contributed by atoms with Crippen LogP contribution in [0.25, 0.3) is 0 Å². The molecule has 0 spiro atoms. The Balaban J connectivity index is 1.98. The van der Waals surface area contributed by atoms with Crippen molar-refractivity contribution < 1.29 is 5.11 Å². The Bertz CT molecular complexity index is 394. The molecule has 0 unspecified atom stereocenters. The average Bonchev–Trinajstić information content (AvgIpc) is 2.23. The van der Waals surface area contributed by atoms with E-state index in [1.54, 1.807) is 0 Å². The second kappa shape index (κ2) is 5.26. The van der Waals surface area contributed by atoms with Crippen LogP contribution in [-0.4, -0.2) is 22.2 Å². The van der Waals surface area contributed by atoms with E-state index in [0.29, 0.717) is 18.2 Å². The largest absolute Gasteiger partial charge is 0.385 e. The first-order valence-corrected chi connectivity index (χ1v) is 6.69. The molecular weight excluding hydrogens is 224 g/mol. The van der Waals surface area contributed by atoms with Gasteiger partial charge >= 0.3 is 0 Å². The molecule has 0 radical (unpaired) electrons. The molecule has 1 aromatic rings. The number of aromatic nitrogens is 1. The van der Waals surface area contributed by atoms with Gasteiger partial charge in [0.1, 0.15) is 11.8 Å². The summed E-state index contributed by atoms with van der Waals surface area (Å²) in [4.78, 5) is 4.52. The molecule has 1 saturated carbocycles. The van der Waals surface area contributed by atoms with Crippen LogP contribution < -0.4 is 5.32 Å². The van der Waals surface area contributed by atoms with Gasteiger partial charge in [0.15, 0.2) is 0 Å². The summed E-state index contributed by atoms with van der Waals surface area (Å²) in [6.45, 7) is 6.73. The van der Waals surface area contributed by atoms with Crippen LogP contribution >= 0.6 is 0 Å². The number of hydrogen-bond donors (Lipinski definition) is 2. The molecule has 98 valence electrons. The molecule has 3 heteroatoms. The van der Waals surface area contributed by atoms with E-state index < -0.39 is 6.10 Å². The van der Waals surface area contributed by atoms with Gasteiger partial charge in [-0.25, -0.2) is 4.98 Å². The Kier molecular flexibility index (Phi) is 3.89. The number of aliphatic hydroxyl groups is 1. The quantitative estimate of drug-likeness (QED) is 0.857. The van der Waals surface area contributed by atoms with E-state index in [-0.39, 0.29) is 5.54 Å². The molecule has 0 aromatic carbocycles. The molecule has 18 heavy (non-hydrogen) atoms. The smallest absolute Gasteiger partial charge is 0.120 e. The maximum atomic E-state index is 10.1. The van der Waals surface area contributed by atoms with Crippen LogP contribution in [0.4, 0.5) is 0 Å². The minimum absolute atomic E-state index is 0.00369. The predicted molar refractivity (Wildman–Crippen MR) is 71.2 cm³/mol. The fourth-order valence-electron chi connectivity index (χ4n) is 1.95. The third-order valence-corrected chi connectivity index (χ3v) is 3.33. The maximum absolute atomic E-state index is 10.1. The number of aliphatic hydroxyl groups excluding tert-OH is 1. The third kappa shape index (κ3) is 3.44. The minimum atomic E-state index is -0.611. The lowest BCUT2D eigenvalue weighted by Crippen LogP contribution is -2.38. The maximum Gasteiger partial charge on any atom is 0.120 e. The second-order valence-electron chi connectivity index (χ2n) is 6.11. The van der Waals surface area contributed by atoms with Crippen LogP contribution in [-0.2, 0) is 0 Å². The lowest BCUT2D eigenvalue weighted by atomic mass is 9.83. The molecule has 2 N–H and O–H groups in total. The fourth-order valence-corrected chi connectivity index (χ4v) is 1.95. The highest BCUT2D eigenvalue weighted by Crippen LogP contribution is 2.35. The van der Waals surface area contributed by atoms with Crippen molar-refractivity contribution in [3.8, 4) is 0 Å². The van der Waals surface area contributed by atoms with Crippen molar-refractivity contribution in [3.05, 3.63) is 29.6 Å². The van der Waals surface area contributed by atoms with Crippen molar-refractivity contribution in [1.29, 1.82) is 0 Å². The first kappa shape index (κ1) is 13.3. The molecule has 3 nitrogen and oxygen atoms in total. The lowest BCUT2D eigenvalue weighted by molar-refractivity contribution is 0.158. The SMILES string of the molecule is CC(C)(C)NC[C@@H](O)c1c#ccc(C2CCC2)n1. The lowest BCUT2D eigenvalue weighted by Gasteiger charge is -2.25. The predicted octanol–water partition coefficient (Wildman–Crippen LogP) is 2.37. The molecule has 1 atom stereocenters. The fraction of sp³-hybridized carbons (Fsp3) is 0.667. The number of rotatable bonds is 4. The Morgan fingerprint density at radius 3 is 2.78 bits per heavy atom. The van der Waals surface area contributed by atoms with Crippen LogP contribution in [0.5, 0.6) is 0 Å². The van der Waals surface area contributed by atoms with E-state index >= 15 is 0 Å². The van der Waals surface area contributed by atoms with E-state index in [9.17, 15) is 5.11 Å². The van der Waals surface area contributed by atoms with Crippen molar-refractivity contribution in [2.45, 2.75) is 57.6 Å². The highest BCUT2D eigenvalue weighted by atomic mass is 16.3. The van der Waals surface area contributed by atoms with Gasteiger partial charge in [0, 0.05) is 24.1 Å². The summed E-state index contributed by atoms with van der Waals surface area (Å²) in [5.41, 5.74) is 1.66. The highest BCUT2D eigenvalue weighted by Gasteiger charge is 2.22. The van der Waals surface area contributed by atoms with Crippen LogP contribution in [0.3, 0.4) is 0 Å². The Morgan fingerprint density at radius 1 is 1.50 bits per heavy atom. The van der Waals surface area contributed by atoms with Gasteiger partial charge < -0.3 is 10.4 Å². The summed E-state index contributed by atoms with van der Waals surface area (Å²) in [6, 6.07) is 7.80. The van der Waals surface area contributed by atoms with Crippen molar-refractivity contribution in [2.75, 3.05) is 6.54 Å². The molecule has 1 fully saturated rings. The average molecular weight is 246 g/mol. The zero-order valence-corrected chi connectivity index (χ0v) is 11.5. The molecule has 0 saturated heterocycles. The number of β-amino-alcohol motifs (C(OH)–C–C–N with tert-alkyl or cyclic N) is 1. The topological polar surface area (TPSA) is 45.1 Å². The van der Waals surface area contributed by atoms with Gasteiger partial charge in [0.25, 0.3) is 0 Å². The first-order valence-electron chi connectivity index (χ1n) is 6.69. The molecule has 1 aromatic heterocycles. The highest BCUT2D eigenvalue weighted by molar-refractivity contribution is 5.13. The Labute approximate surface area is 110 Å². The van der Waals surface area contributed by atoms with Gasteiger partial charge in [0.2, 0.25) is 0 Å². The Hall–Kier alpha value is -1.11. The van der Waals surface area contributed by atoms with Crippen LogP contribution in [0.1, 0.15) is 63.4 Å². The first-order chi connectivity index (χ1) is 8.46.